The minimum absolute atomic E-state index is 0.137. The van der Waals surface area contributed by atoms with Gasteiger partial charge < -0.3 is 19.7 Å². The number of amides is 2. The van der Waals surface area contributed by atoms with Crippen LogP contribution in [0.25, 0.3) is 0 Å². The number of hydrogen-bond donors (Lipinski definition) is 1. The largest absolute Gasteiger partial charge is 0.448 e. The van der Waals surface area contributed by atoms with Crippen LogP contribution in [0.1, 0.15) is 55.3 Å². The Morgan fingerprint density at radius 2 is 1.69 bits per heavy atom. The molecule has 6 heteroatoms. The summed E-state index contributed by atoms with van der Waals surface area (Å²) in [7, 11) is 0. The molecule has 0 unspecified atom stereocenters. The van der Waals surface area contributed by atoms with Crippen LogP contribution in [0.5, 0.6) is 11.5 Å². The van der Waals surface area contributed by atoms with Crippen molar-refractivity contribution in [1.29, 1.82) is 0 Å². The molecule has 6 nitrogen and oxygen atoms in total. The Balaban J connectivity index is 1.27. The van der Waals surface area contributed by atoms with Gasteiger partial charge in [0.25, 0.3) is 11.7 Å². The third kappa shape index (κ3) is 3.43. The normalized spacial score (nSPS) is 19.6. The van der Waals surface area contributed by atoms with Crippen LogP contribution in [0.15, 0.2) is 42.5 Å². The van der Waals surface area contributed by atoms with Gasteiger partial charge in [0.1, 0.15) is 0 Å². The molecule has 1 saturated heterocycles. The Morgan fingerprint density at radius 1 is 0.931 bits per heavy atom. The molecule has 3 aliphatic rings. The highest BCUT2D eigenvalue weighted by molar-refractivity contribution is 6.05. The lowest BCUT2D eigenvalue weighted by molar-refractivity contribution is -0.117. The third-order valence-corrected chi connectivity index (χ3v) is 5.92. The Bertz CT molecular complexity index is 948. The molecule has 150 valence electrons. The van der Waals surface area contributed by atoms with Crippen molar-refractivity contribution in [2.75, 3.05) is 16.8 Å². The minimum Gasteiger partial charge on any atom is -0.448 e. The number of fused-ring (bicyclic) bond motifs is 1. The first-order chi connectivity index (χ1) is 14.1. The highest BCUT2D eigenvalue weighted by atomic mass is 16.7. The van der Waals surface area contributed by atoms with Crippen LogP contribution < -0.4 is 19.7 Å². The van der Waals surface area contributed by atoms with E-state index in [2.05, 4.69) is 5.32 Å². The van der Waals surface area contributed by atoms with Gasteiger partial charge in [-0.15, -0.1) is 0 Å². The number of hydrogen-bond acceptors (Lipinski definition) is 4. The van der Waals surface area contributed by atoms with Gasteiger partial charge in [0.15, 0.2) is 11.5 Å². The van der Waals surface area contributed by atoms with Crippen molar-refractivity contribution in [3.8, 4) is 11.5 Å². The fraction of sp³-hybridized carbons (Fsp3) is 0.391. The number of rotatable bonds is 3. The monoisotopic (exact) mass is 392 g/mol. The first-order valence-electron chi connectivity index (χ1n) is 10.4. The third-order valence-electron chi connectivity index (χ3n) is 5.92. The lowest BCUT2D eigenvalue weighted by Crippen LogP contribution is -2.40. The van der Waals surface area contributed by atoms with E-state index >= 15 is 0 Å². The molecule has 1 N–H and O–H groups in total. The molecule has 29 heavy (non-hydrogen) atoms. The molecule has 1 aliphatic carbocycles. The fourth-order valence-corrected chi connectivity index (χ4v) is 4.38. The van der Waals surface area contributed by atoms with E-state index in [-0.39, 0.29) is 11.8 Å². The molecular formula is C23H24N2O4. The van der Waals surface area contributed by atoms with Crippen molar-refractivity contribution in [2.45, 2.75) is 50.7 Å². The fourth-order valence-electron chi connectivity index (χ4n) is 4.38. The standard InChI is InChI=1S/C23H24N2O4/c26-21-5-4-14-25(21)18-9-6-16(7-10-18)22(27)24-17-8-11-19-20(15-17)29-23(28-19)12-2-1-3-13-23/h6-11,15H,1-5,12-14H2,(H,24,27). The molecule has 0 bridgehead atoms. The molecule has 2 aromatic carbocycles. The van der Waals surface area contributed by atoms with E-state index in [0.29, 0.717) is 23.4 Å². The SMILES string of the molecule is O=C(Nc1ccc2c(c1)OC1(CCCCC1)O2)c1ccc(N2CCCC2=O)cc1. The first-order valence-corrected chi connectivity index (χ1v) is 10.4. The predicted molar refractivity (Wildman–Crippen MR) is 109 cm³/mol. The zero-order chi connectivity index (χ0) is 19.8. The van der Waals surface area contributed by atoms with Crippen LogP contribution in [0.2, 0.25) is 0 Å². The van der Waals surface area contributed by atoms with E-state index in [1.807, 2.05) is 30.3 Å². The molecule has 0 aromatic heterocycles. The van der Waals surface area contributed by atoms with Gasteiger partial charge in [-0.05, 0) is 55.7 Å². The minimum atomic E-state index is -0.522. The average molecular weight is 392 g/mol. The van der Waals surface area contributed by atoms with Crippen molar-refractivity contribution >= 4 is 23.2 Å². The molecule has 1 spiro atoms. The number of nitrogens with zero attached hydrogens (tertiary/aromatic N) is 1. The smallest absolute Gasteiger partial charge is 0.255 e. The van der Waals surface area contributed by atoms with Crippen LogP contribution in [-0.2, 0) is 4.79 Å². The van der Waals surface area contributed by atoms with E-state index in [1.165, 1.54) is 6.42 Å². The maximum absolute atomic E-state index is 12.6. The molecule has 2 heterocycles. The van der Waals surface area contributed by atoms with Crippen LogP contribution in [-0.4, -0.2) is 24.1 Å². The van der Waals surface area contributed by atoms with Gasteiger partial charge >= 0.3 is 0 Å². The highest BCUT2D eigenvalue weighted by Crippen LogP contribution is 2.46. The molecule has 2 aromatic rings. The van der Waals surface area contributed by atoms with Crippen molar-refractivity contribution in [1.82, 2.24) is 0 Å². The second-order valence-corrected chi connectivity index (χ2v) is 7.99. The quantitative estimate of drug-likeness (QED) is 0.835. The van der Waals surface area contributed by atoms with E-state index < -0.39 is 5.79 Å². The molecule has 1 saturated carbocycles. The second kappa shape index (κ2) is 7.10. The number of carbonyl (C=O) groups excluding carboxylic acids is 2. The summed E-state index contributed by atoms with van der Waals surface area (Å²) in [6.07, 6.45) is 6.70. The average Bonchev–Trinajstić information content (AvgIpc) is 3.31. The van der Waals surface area contributed by atoms with Gasteiger partial charge in [0.2, 0.25) is 5.91 Å². The highest BCUT2D eigenvalue weighted by Gasteiger charge is 2.42. The van der Waals surface area contributed by atoms with Gasteiger partial charge in [-0.1, -0.05) is 6.42 Å². The van der Waals surface area contributed by atoms with Gasteiger partial charge in [0.05, 0.1) is 0 Å². The van der Waals surface area contributed by atoms with E-state index in [0.717, 1.165) is 50.1 Å². The number of carbonyl (C=O) groups is 2. The Kier molecular flexibility index (Phi) is 4.42. The number of anilines is 2. The molecule has 2 aliphatic heterocycles. The Morgan fingerprint density at radius 3 is 2.41 bits per heavy atom. The summed E-state index contributed by atoms with van der Waals surface area (Å²) in [6, 6.07) is 12.7. The van der Waals surface area contributed by atoms with Crippen LogP contribution in [0.4, 0.5) is 11.4 Å². The van der Waals surface area contributed by atoms with Crippen molar-refractivity contribution in [3.63, 3.8) is 0 Å². The number of ether oxygens (including phenoxy) is 2. The molecule has 2 amide bonds. The van der Waals surface area contributed by atoms with E-state index in [1.54, 1.807) is 17.0 Å². The summed E-state index contributed by atoms with van der Waals surface area (Å²) >= 11 is 0. The van der Waals surface area contributed by atoms with Crippen molar-refractivity contribution < 1.29 is 19.1 Å². The predicted octanol–water partition coefficient (Wildman–Crippen LogP) is 4.50. The topological polar surface area (TPSA) is 67.9 Å². The zero-order valence-electron chi connectivity index (χ0n) is 16.3. The van der Waals surface area contributed by atoms with Crippen LogP contribution in [0.3, 0.4) is 0 Å². The summed E-state index contributed by atoms with van der Waals surface area (Å²) in [5.74, 6) is 0.845. The number of benzene rings is 2. The lowest BCUT2D eigenvalue weighted by atomic mass is 9.94. The van der Waals surface area contributed by atoms with Gasteiger partial charge in [-0.2, -0.15) is 0 Å². The zero-order valence-corrected chi connectivity index (χ0v) is 16.3. The summed E-state index contributed by atoms with van der Waals surface area (Å²) in [5.41, 5.74) is 2.05. The van der Waals surface area contributed by atoms with Crippen LogP contribution >= 0.6 is 0 Å². The Labute approximate surface area is 169 Å². The molecular weight excluding hydrogens is 368 g/mol. The second-order valence-electron chi connectivity index (χ2n) is 7.99. The lowest BCUT2D eigenvalue weighted by Gasteiger charge is -2.31. The van der Waals surface area contributed by atoms with Crippen molar-refractivity contribution in [2.24, 2.45) is 0 Å². The van der Waals surface area contributed by atoms with Gasteiger partial charge in [0, 0.05) is 48.8 Å². The van der Waals surface area contributed by atoms with E-state index in [9.17, 15) is 9.59 Å². The Hall–Kier alpha value is -3.02. The molecule has 0 atom stereocenters. The summed E-state index contributed by atoms with van der Waals surface area (Å²) < 4.78 is 12.2. The van der Waals surface area contributed by atoms with Crippen molar-refractivity contribution in [3.05, 3.63) is 48.0 Å². The van der Waals surface area contributed by atoms with Crippen LogP contribution in [0, 0.1) is 0 Å². The van der Waals surface area contributed by atoms with Gasteiger partial charge in [-0.25, -0.2) is 0 Å². The summed E-state index contributed by atoms with van der Waals surface area (Å²) in [5, 5.41) is 2.92. The summed E-state index contributed by atoms with van der Waals surface area (Å²) in [6.45, 7) is 0.739. The number of nitrogens with one attached hydrogen (secondary N) is 1. The summed E-state index contributed by atoms with van der Waals surface area (Å²) in [4.78, 5) is 26.3. The molecule has 2 fully saturated rings. The maximum Gasteiger partial charge on any atom is 0.255 e. The maximum atomic E-state index is 12.6. The first kappa shape index (κ1) is 18.0. The van der Waals surface area contributed by atoms with Gasteiger partial charge in [-0.3, -0.25) is 9.59 Å². The molecule has 5 rings (SSSR count). The van der Waals surface area contributed by atoms with E-state index in [4.69, 9.17) is 9.47 Å². The molecule has 0 radical (unpaired) electrons.